The van der Waals surface area contributed by atoms with Gasteiger partial charge in [0.05, 0.1) is 0 Å². The first-order valence-corrected chi connectivity index (χ1v) is 10.1. The lowest BCUT2D eigenvalue weighted by Gasteiger charge is -2.15. The molecule has 5 rings (SSSR count). The van der Waals surface area contributed by atoms with Gasteiger partial charge in [-0.05, 0) is 70.7 Å². The molecule has 0 nitrogen and oxygen atoms in total. The van der Waals surface area contributed by atoms with Gasteiger partial charge in [0, 0.05) is 0 Å². The molecule has 0 fully saturated rings. The minimum atomic E-state index is 0.952. The summed E-state index contributed by atoms with van der Waals surface area (Å²) in [5.41, 5.74) is 12.5. The largest absolute Gasteiger partial charge is 0.0620 e. The first-order chi connectivity index (χ1) is 13.8. The van der Waals surface area contributed by atoms with Crippen LogP contribution < -0.4 is 0 Å². The fraction of sp³-hybridized carbons (Fsp3) is 0.143. The number of hydrogen-bond donors (Lipinski definition) is 0. The molecule has 0 unspecified atom stereocenters. The van der Waals surface area contributed by atoms with Crippen molar-refractivity contribution in [3.05, 3.63) is 119 Å². The van der Waals surface area contributed by atoms with Gasteiger partial charge in [-0.1, -0.05) is 96.6 Å². The summed E-state index contributed by atoms with van der Waals surface area (Å²) in [6, 6.07) is 33.7. The van der Waals surface area contributed by atoms with E-state index in [-0.39, 0.29) is 0 Å². The Morgan fingerprint density at radius 1 is 0.464 bits per heavy atom. The van der Waals surface area contributed by atoms with Crippen LogP contribution in [-0.2, 0) is 19.3 Å². The third-order valence-electron chi connectivity index (χ3n) is 5.94. The number of aryl methyl sites for hydroxylation is 3. The van der Waals surface area contributed by atoms with E-state index in [0.29, 0.717) is 0 Å². The first-order valence-electron chi connectivity index (χ1n) is 10.1. The predicted molar refractivity (Wildman–Crippen MR) is 119 cm³/mol. The van der Waals surface area contributed by atoms with E-state index < -0.39 is 0 Å². The van der Waals surface area contributed by atoms with E-state index in [4.69, 9.17) is 0 Å². The second-order valence-electron chi connectivity index (χ2n) is 7.81. The molecule has 0 saturated carbocycles. The second-order valence-corrected chi connectivity index (χ2v) is 7.81. The van der Waals surface area contributed by atoms with Crippen molar-refractivity contribution in [3.63, 3.8) is 0 Å². The smallest absolute Gasteiger partial charge is 0.00135 e. The molecule has 1 aliphatic rings. The highest BCUT2D eigenvalue weighted by atomic mass is 14.2. The van der Waals surface area contributed by atoms with Crippen LogP contribution in [0.4, 0.5) is 0 Å². The lowest BCUT2D eigenvalue weighted by atomic mass is 9.89. The molecule has 0 atom stereocenters. The monoisotopic (exact) mass is 360 g/mol. The summed E-state index contributed by atoms with van der Waals surface area (Å²) in [7, 11) is 0. The van der Waals surface area contributed by atoms with Crippen LogP contribution in [0.3, 0.4) is 0 Å². The quantitative estimate of drug-likeness (QED) is 0.316. The van der Waals surface area contributed by atoms with Gasteiger partial charge in [-0.15, -0.1) is 0 Å². The Morgan fingerprint density at radius 3 is 1.57 bits per heavy atom. The Bertz CT molecular complexity index is 1150. The molecule has 0 bridgehead atoms. The molecular formula is C28H24. The van der Waals surface area contributed by atoms with Crippen molar-refractivity contribution < 1.29 is 0 Å². The van der Waals surface area contributed by atoms with Gasteiger partial charge in [0.25, 0.3) is 0 Å². The fourth-order valence-corrected chi connectivity index (χ4v) is 4.54. The van der Waals surface area contributed by atoms with E-state index in [9.17, 15) is 0 Å². The van der Waals surface area contributed by atoms with Crippen molar-refractivity contribution in [2.45, 2.75) is 26.2 Å². The Kier molecular flexibility index (Phi) is 4.33. The van der Waals surface area contributed by atoms with Gasteiger partial charge < -0.3 is 0 Å². The number of fused-ring (bicyclic) bond motifs is 6. The zero-order chi connectivity index (χ0) is 18.9. The molecular weight excluding hydrogens is 336 g/mol. The Hall–Kier alpha value is -3.12. The summed E-state index contributed by atoms with van der Waals surface area (Å²) in [6.45, 7) is 2.20. The molecule has 4 aromatic rings. The lowest BCUT2D eigenvalue weighted by Crippen LogP contribution is -1.97. The van der Waals surface area contributed by atoms with Crippen molar-refractivity contribution in [1.82, 2.24) is 0 Å². The van der Waals surface area contributed by atoms with Gasteiger partial charge >= 0.3 is 0 Å². The number of benzene rings is 4. The van der Waals surface area contributed by atoms with E-state index in [1.165, 1.54) is 50.1 Å². The van der Waals surface area contributed by atoms with Crippen molar-refractivity contribution in [1.29, 1.82) is 0 Å². The molecule has 0 aliphatic heterocycles. The van der Waals surface area contributed by atoms with Crippen LogP contribution in [0.5, 0.6) is 0 Å². The maximum Gasteiger partial charge on any atom is -0.00135 e. The molecule has 0 heteroatoms. The van der Waals surface area contributed by atoms with Crippen molar-refractivity contribution in [3.8, 4) is 22.3 Å². The molecule has 0 radical (unpaired) electrons. The molecule has 1 aliphatic carbocycles. The van der Waals surface area contributed by atoms with Crippen LogP contribution in [0.15, 0.2) is 91.0 Å². The van der Waals surface area contributed by atoms with Gasteiger partial charge in [0.2, 0.25) is 0 Å². The predicted octanol–water partition coefficient (Wildman–Crippen LogP) is 7.02. The van der Waals surface area contributed by atoms with Crippen molar-refractivity contribution >= 4 is 0 Å². The van der Waals surface area contributed by atoms with E-state index in [2.05, 4.69) is 97.9 Å². The van der Waals surface area contributed by atoms with E-state index in [1.807, 2.05) is 0 Å². The van der Waals surface area contributed by atoms with Crippen LogP contribution in [0.2, 0.25) is 0 Å². The summed E-state index contributed by atoms with van der Waals surface area (Å²) >= 11 is 0. The minimum Gasteiger partial charge on any atom is -0.0620 e. The lowest BCUT2D eigenvalue weighted by molar-refractivity contribution is 0.962. The summed E-state index contributed by atoms with van der Waals surface area (Å²) in [5.74, 6) is 0. The zero-order valence-corrected chi connectivity index (χ0v) is 16.3. The van der Waals surface area contributed by atoms with Gasteiger partial charge in [0.15, 0.2) is 0 Å². The topological polar surface area (TPSA) is 0 Å². The maximum absolute atomic E-state index is 2.37. The average molecular weight is 361 g/mol. The third kappa shape index (κ3) is 3.05. The Balaban J connectivity index is 1.79. The highest BCUT2D eigenvalue weighted by Crippen LogP contribution is 2.35. The van der Waals surface area contributed by atoms with E-state index >= 15 is 0 Å². The molecule has 0 amide bonds. The summed E-state index contributed by atoms with van der Waals surface area (Å²) in [5, 5.41) is 0. The normalized spacial score (nSPS) is 12.8. The SMILES string of the molecule is Cc1ccc2c(c1)CCc1ccccc1-c1ccccc1Cc1ccccc1-2. The molecule has 0 N–H and O–H groups in total. The molecule has 0 spiro atoms. The zero-order valence-electron chi connectivity index (χ0n) is 16.3. The van der Waals surface area contributed by atoms with Gasteiger partial charge in [0.1, 0.15) is 0 Å². The summed E-state index contributed by atoms with van der Waals surface area (Å²) in [4.78, 5) is 0. The highest BCUT2D eigenvalue weighted by Gasteiger charge is 2.16. The van der Waals surface area contributed by atoms with Crippen LogP contribution in [0.25, 0.3) is 22.3 Å². The van der Waals surface area contributed by atoms with Gasteiger partial charge in [-0.2, -0.15) is 0 Å². The van der Waals surface area contributed by atoms with E-state index in [1.54, 1.807) is 0 Å². The molecule has 28 heavy (non-hydrogen) atoms. The Labute approximate surface area is 167 Å². The summed E-state index contributed by atoms with van der Waals surface area (Å²) < 4.78 is 0. The minimum absolute atomic E-state index is 0.952. The first kappa shape index (κ1) is 17.0. The van der Waals surface area contributed by atoms with E-state index in [0.717, 1.165) is 19.3 Å². The summed E-state index contributed by atoms with van der Waals surface area (Å²) in [6.07, 6.45) is 3.07. The van der Waals surface area contributed by atoms with Gasteiger partial charge in [-0.25, -0.2) is 0 Å². The van der Waals surface area contributed by atoms with Crippen LogP contribution in [0, 0.1) is 6.92 Å². The molecule has 0 heterocycles. The van der Waals surface area contributed by atoms with Crippen molar-refractivity contribution in [2.24, 2.45) is 0 Å². The Morgan fingerprint density at radius 2 is 0.929 bits per heavy atom. The maximum atomic E-state index is 2.37. The van der Waals surface area contributed by atoms with Crippen LogP contribution >= 0.6 is 0 Å². The van der Waals surface area contributed by atoms with Crippen molar-refractivity contribution in [2.75, 3.05) is 0 Å². The standard InChI is InChI=1S/C28H24/c1-20-14-17-28-24(18-20)16-15-21-8-2-5-11-25(21)26-12-6-3-9-22(26)19-23-10-4-7-13-27(23)28/h2-14,17-18H,15-16,19H2,1H3. The number of rotatable bonds is 0. The second kappa shape index (κ2) is 7.13. The fourth-order valence-electron chi connectivity index (χ4n) is 4.54. The molecule has 0 saturated heterocycles. The highest BCUT2D eigenvalue weighted by molar-refractivity contribution is 5.75. The number of hydrogen-bond acceptors (Lipinski definition) is 0. The molecule has 136 valence electrons. The molecule has 0 aromatic heterocycles. The third-order valence-corrected chi connectivity index (χ3v) is 5.94. The van der Waals surface area contributed by atoms with Crippen LogP contribution in [-0.4, -0.2) is 0 Å². The van der Waals surface area contributed by atoms with Gasteiger partial charge in [-0.3, -0.25) is 0 Å². The molecule has 4 aromatic carbocycles. The average Bonchev–Trinajstić information content (AvgIpc) is 2.75. The van der Waals surface area contributed by atoms with Crippen LogP contribution in [0.1, 0.15) is 27.8 Å².